The van der Waals surface area contributed by atoms with E-state index in [4.69, 9.17) is 0 Å². The molecule has 16 heavy (non-hydrogen) atoms. The molecule has 1 heterocycles. The predicted octanol–water partition coefficient (Wildman–Crippen LogP) is 1.07. The third-order valence-corrected chi connectivity index (χ3v) is 5.52. The van der Waals surface area contributed by atoms with Gasteiger partial charge in [-0.15, -0.1) is 0 Å². The van der Waals surface area contributed by atoms with E-state index in [0.717, 1.165) is 12.8 Å². The summed E-state index contributed by atoms with van der Waals surface area (Å²) in [5, 5.41) is -0.323. The summed E-state index contributed by atoms with van der Waals surface area (Å²) in [6, 6.07) is 0. The Bertz CT molecular complexity index is 340. The van der Waals surface area contributed by atoms with Gasteiger partial charge in [0.2, 0.25) is 5.91 Å². The number of carbonyl (C=O) groups excluding carboxylic acids is 1. The summed E-state index contributed by atoms with van der Waals surface area (Å²) >= 11 is 0. The number of hydrogen-bond donors (Lipinski definition) is 0. The third-order valence-electron chi connectivity index (χ3n) is 3.40. The molecule has 1 rings (SSSR count). The lowest BCUT2D eigenvalue weighted by atomic mass is 10.00. The molecule has 94 valence electrons. The van der Waals surface area contributed by atoms with Crippen LogP contribution < -0.4 is 0 Å². The molecule has 0 atom stereocenters. The van der Waals surface area contributed by atoms with E-state index in [0.29, 0.717) is 13.1 Å². The smallest absolute Gasteiger partial charge is 0.225 e. The van der Waals surface area contributed by atoms with Crippen LogP contribution >= 0.6 is 0 Å². The molecule has 0 unspecified atom stereocenters. The van der Waals surface area contributed by atoms with Crippen LogP contribution in [0.4, 0.5) is 0 Å². The van der Waals surface area contributed by atoms with Crippen molar-refractivity contribution >= 4 is 15.7 Å². The van der Waals surface area contributed by atoms with Gasteiger partial charge in [-0.2, -0.15) is 0 Å². The molecule has 0 aromatic rings. The van der Waals surface area contributed by atoms with E-state index in [1.807, 2.05) is 13.8 Å². The number of nitrogens with zero attached hydrogens (tertiary/aromatic N) is 1. The number of hydrogen-bond acceptors (Lipinski definition) is 3. The van der Waals surface area contributed by atoms with E-state index < -0.39 is 9.84 Å². The molecular weight excluding hydrogens is 226 g/mol. The Hall–Kier alpha value is -0.580. The zero-order valence-electron chi connectivity index (χ0n) is 10.3. The summed E-state index contributed by atoms with van der Waals surface area (Å²) < 4.78 is 23.0. The molecule has 0 aromatic heterocycles. The summed E-state index contributed by atoms with van der Waals surface area (Å²) in [6.45, 7) is 6.43. The number of likely N-dealkylation sites (tertiary alicyclic amines) is 1. The molecule has 0 saturated carbocycles. The Balaban J connectivity index is 2.50. The van der Waals surface area contributed by atoms with Crippen molar-refractivity contribution in [1.82, 2.24) is 4.90 Å². The van der Waals surface area contributed by atoms with Gasteiger partial charge >= 0.3 is 0 Å². The first-order chi connectivity index (χ1) is 7.46. The highest BCUT2D eigenvalue weighted by Crippen LogP contribution is 2.21. The maximum atomic E-state index is 11.9. The third kappa shape index (κ3) is 2.56. The molecule has 0 aliphatic carbocycles. The molecule has 0 bridgehead atoms. The minimum absolute atomic E-state index is 0.0604. The summed E-state index contributed by atoms with van der Waals surface area (Å²) in [7, 11) is -2.96. The highest BCUT2D eigenvalue weighted by atomic mass is 32.2. The molecule has 4 nitrogen and oxygen atoms in total. The summed E-state index contributed by atoms with van der Waals surface area (Å²) in [5.41, 5.74) is 0. The fourth-order valence-corrected chi connectivity index (χ4v) is 3.26. The first kappa shape index (κ1) is 13.5. The van der Waals surface area contributed by atoms with E-state index in [1.54, 1.807) is 11.8 Å². The van der Waals surface area contributed by atoms with E-state index in [-0.39, 0.29) is 22.8 Å². The first-order valence-electron chi connectivity index (χ1n) is 5.96. The van der Waals surface area contributed by atoms with Gasteiger partial charge in [-0.25, -0.2) is 8.42 Å². The minimum Gasteiger partial charge on any atom is -0.340 e. The fourth-order valence-electron chi connectivity index (χ4n) is 1.98. The van der Waals surface area contributed by atoms with Crippen LogP contribution in [0.25, 0.3) is 0 Å². The molecule has 0 radical (unpaired) electrons. The Morgan fingerprint density at radius 3 is 2.12 bits per heavy atom. The van der Waals surface area contributed by atoms with Crippen molar-refractivity contribution in [3.63, 3.8) is 0 Å². The molecule has 5 heteroatoms. The van der Waals surface area contributed by atoms with Gasteiger partial charge in [-0.3, -0.25) is 4.79 Å². The highest BCUT2D eigenvalue weighted by molar-refractivity contribution is 7.92. The Morgan fingerprint density at radius 1 is 1.25 bits per heavy atom. The molecule has 1 aliphatic heterocycles. The predicted molar refractivity (Wildman–Crippen MR) is 63.9 cm³/mol. The SMILES string of the molecule is CCC(CC)C(=O)N1CC(S(=O)(=O)CC)C1. The van der Waals surface area contributed by atoms with Gasteiger partial charge in [-0.05, 0) is 12.8 Å². The van der Waals surface area contributed by atoms with Crippen LogP contribution in [0.15, 0.2) is 0 Å². The van der Waals surface area contributed by atoms with E-state index in [2.05, 4.69) is 0 Å². The summed E-state index contributed by atoms with van der Waals surface area (Å²) in [5.74, 6) is 0.350. The molecular formula is C11H21NO3S. The van der Waals surface area contributed by atoms with Crippen molar-refractivity contribution in [3.8, 4) is 0 Å². The second kappa shape index (κ2) is 5.17. The van der Waals surface area contributed by atoms with Crippen molar-refractivity contribution in [1.29, 1.82) is 0 Å². The lowest BCUT2D eigenvalue weighted by molar-refractivity contribution is -0.139. The van der Waals surface area contributed by atoms with Crippen molar-refractivity contribution in [3.05, 3.63) is 0 Å². The Morgan fingerprint density at radius 2 is 1.75 bits per heavy atom. The average molecular weight is 247 g/mol. The fraction of sp³-hybridized carbons (Fsp3) is 0.909. The lowest BCUT2D eigenvalue weighted by Gasteiger charge is -2.40. The van der Waals surface area contributed by atoms with Gasteiger partial charge in [0.05, 0.1) is 5.25 Å². The second-order valence-corrected chi connectivity index (χ2v) is 6.90. The van der Waals surface area contributed by atoms with Crippen molar-refractivity contribution in [2.45, 2.75) is 38.9 Å². The molecule has 1 saturated heterocycles. The van der Waals surface area contributed by atoms with Crippen LogP contribution in [-0.4, -0.2) is 43.3 Å². The van der Waals surface area contributed by atoms with Gasteiger partial charge < -0.3 is 4.90 Å². The number of amides is 1. The standard InChI is InChI=1S/C11H21NO3S/c1-4-9(5-2)11(13)12-7-10(8-12)16(14,15)6-3/h9-10H,4-8H2,1-3H3. The van der Waals surface area contributed by atoms with Crippen molar-refractivity contribution < 1.29 is 13.2 Å². The van der Waals surface area contributed by atoms with Crippen LogP contribution in [-0.2, 0) is 14.6 Å². The zero-order valence-corrected chi connectivity index (χ0v) is 11.1. The normalized spacial score (nSPS) is 17.6. The highest BCUT2D eigenvalue weighted by Gasteiger charge is 2.39. The van der Waals surface area contributed by atoms with Gasteiger partial charge in [-0.1, -0.05) is 20.8 Å². The topological polar surface area (TPSA) is 54.5 Å². The first-order valence-corrected chi connectivity index (χ1v) is 7.68. The van der Waals surface area contributed by atoms with Gasteiger partial charge in [0, 0.05) is 24.8 Å². The van der Waals surface area contributed by atoms with Crippen LogP contribution in [0.3, 0.4) is 0 Å². The van der Waals surface area contributed by atoms with Crippen molar-refractivity contribution in [2.75, 3.05) is 18.8 Å². The maximum absolute atomic E-state index is 11.9. The van der Waals surface area contributed by atoms with Gasteiger partial charge in [0.1, 0.15) is 0 Å². The van der Waals surface area contributed by atoms with Crippen LogP contribution in [0.2, 0.25) is 0 Å². The van der Waals surface area contributed by atoms with E-state index in [9.17, 15) is 13.2 Å². The molecule has 0 spiro atoms. The van der Waals surface area contributed by atoms with Gasteiger partial charge in [0.25, 0.3) is 0 Å². The van der Waals surface area contributed by atoms with E-state index in [1.165, 1.54) is 0 Å². The van der Waals surface area contributed by atoms with Crippen LogP contribution in [0.5, 0.6) is 0 Å². The molecule has 1 aliphatic rings. The number of sulfone groups is 1. The van der Waals surface area contributed by atoms with Crippen LogP contribution in [0.1, 0.15) is 33.6 Å². The summed E-state index contributed by atoms with van der Waals surface area (Å²) in [4.78, 5) is 13.6. The maximum Gasteiger partial charge on any atom is 0.225 e. The molecule has 0 N–H and O–H groups in total. The minimum atomic E-state index is -2.96. The second-order valence-electron chi connectivity index (χ2n) is 4.33. The van der Waals surface area contributed by atoms with Crippen molar-refractivity contribution in [2.24, 2.45) is 5.92 Å². The van der Waals surface area contributed by atoms with Gasteiger partial charge in [0.15, 0.2) is 9.84 Å². The monoisotopic (exact) mass is 247 g/mol. The Kier molecular flexibility index (Phi) is 4.35. The number of rotatable bonds is 5. The Labute approximate surface area is 97.9 Å². The lowest BCUT2D eigenvalue weighted by Crippen LogP contribution is -2.58. The molecule has 0 aromatic carbocycles. The molecule has 1 fully saturated rings. The van der Waals surface area contributed by atoms with E-state index >= 15 is 0 Å². The quantitative estimate of drug-likeness (QED) is 0.730. The number of carbonyl (C=O) groups is 1. The average Bonchev–Trinajstić information content (AvgIpc) is 2.17. The summed E-state index contributed by atoms with van der Waals surface area (Å²) in [6.07, 6.45) is 1.66. The largest absolute Gasteiger partial charge is 0.340 e. The molecule has 1 amide bonds. The zero-order chi connectivity index (χ0) is 12.3. The van der Waals surface area contributed by atoms with Crippen LogP contribution in [0, 0.1) is 5.92 Å².